The van der Waals surface area contributed by atoms with Crippen LogP contribution >= 0.6 is 11.6 Å². The van der Waals surface area contributed by atoms with Gasteiger partial charge in [-0.3, -0.25) is 13.9 Å². The first-order valence-electron chi connectivity index (χ1n) is 12.4. The van der Waals surface area contributed by atoms with Crippen molar-refractivity contribution in [2.24, 2.45) is 0 Å². The highest BCUT2D eigenvalue weighted by molar-refractivity contribution is 7.92. The van der Waals surface area contributed by atoms with Crippen LogP contribution in [0.2, 0.25) is 5.02 Å². The highest BCUT2D eigenvalue weighted by Crippen LogP contribution is 2.30. The molecule has 0 saturated heterocycles. The number of likely N-dealkylation sites (N-methyl/N-ethyl adjacent to an activating group) is 1. The highest BCUT2D eigenvalue weighted by atomic mass is 35.5. The van der Waals surface area contributed by atoms with Crippen LogP contribution in [0.4, 0.5) is 5.69 Å². The van der Waals surface area contributed by atoms with Gasteiger partial charge in [-0.15, -0.1) is 0 Å². The largest absolute Gasteiger partial charge is 0.357 e. The summed E-state index contributed by atoms with van der Waals surface area (Å²) in [5, 5.41) is 2.97. The third kappa shape index (κ3) is 6.74. The molecule has 0 aliphatic rings. The lowest BCUT2D eigenvalue weighted by molar-refractivity contribution is -0.140. The molecule has 3 rings (SSSR count). The third-order valence-electron chi connectivity index (χ3n) is 6.40. The molecule has 202 valence electrons. The number of carbonyl (C=O) groups is 2. The Balaban J connectivity index is 2.11. The quantitative estimate of drug-likeness (QED) is 0.381. The summed E-state index contributed by atoms with van der Waals surface area (Å²) in [6, 6.07) is 18.3. The van der Waals surface area contributed by atoms with E-state index in [1.807, 2.05) is 45.0 Å². The lowest BCUT2D eigenvalue weighted by Crippen LogP contribution is -2.51. The maximum atomic E-state index is 14.0. The number of hydrogen-bond acceptors (Lipinski definition) is 4. The minimum atomic E-state index is -4.15. The number of nitrogens with one attached hydrogen (secondary N) is 1. The van der Waals surface area contributed by atoms with Crippen molar-refractivity contribution in [3.8, 4) is 0 Å². The molecule has 2 amide bonds. The van der Waals surface area contributed by atoms with Crippen LogP contribution in [0, 0.1) is 20.8 Å². The molecule has 7 nitrogen and oxygen atoms in total. The summed E-state index contributed by atoms with van der Waals surface area (Å²) in [7, 11) is -2.63. The average molecular weight is 556 g/mol. The molecule has 0 saturated carbocycles. The molecule has 3 aromatic carbocycles. The normalized spacial score (nSPS) is 12.1. The molecule has 0 bridgehead atoms. The van der Waals surface area contributed by atoms with Gasteiger partial charge in [0.15, 0.2) is 0 Å². The van der Waals surface area contributed by atoms with E-state index >= 15 is 0 Å². The fraction of sp³-hybridized carbons (Fsp3) is 0.310. The Kier molecular flexibility index (Phi) is 9.57. The molecule has 0 aromatic heterocycles. The first kappa shape index (κ1) is 29.2. The lowest BCUT2D eigenvalue weighted by atomic mass is 10.1. The number of halogens is 1. The van der Waals surface area contributed by atoms with Gasteiger partial charge in [-0.1, -0.05) is 72.1 Å². The summed E-state index contributed by atoms with van der Waals surface area (Å²) in [5.74, 6) is -0.822. The van der Waals surface area contributed by atoms with Crippen LogP contribution in [0.15, 0.2) is 71.6 Å². The van der Waals surface area contributed by atoms with Crippen LogP contribution in [0.3, 0.4) is 0 Å². The van der Waals surface area contributed by atoms with Crippen molar-refractivity contribution >= 4 is 39.1 Å². The Bertz CT molecular complexity index is 1410. The first-order valence-corrected chi connectivity index (χ1v) is 14.2. The Hall–Kier alpha value is -3.36. The van der Waals surface area contributed by atoms with Crippen molar-refractivity contribution < 1.29 is 18.0 Å². The van der Waals surface area contributed by atoms with Crippen molar-refractivity contribution in [1.82, 2.24) is 10.2 Å². The fourth-order valence-electron chi connectivity index (χ4n) is 4.30. The van der Waals surface area contributed by atoms with E-state index in [1.54, 1.807) is 31.2 Å². The van der Waals surface area contributed by atoms with Gasteiger partial charge in [-0.25, -0.2) is 8.42 Å². The number of amides is 2. The minimum absolute atomic E-state index is 0.0545. The molecule has 0 spiro atoms. The fourth-order valence-corrected chi connectivity index (χ4v) is 5.93. The van der Waals surface area contributed by atoms with Gasteiger partial charge in [0, 0.05) is 18.6 Å². The second-order valence-corrected chi connectivity index (χ2v) is 11.6. The zero-order valence-electron chi connectivity index (χ0n) is 22.4. The van der Waals surface area contributed by atoms with E-state index in [-0.39, 0.29) is 17.3 Å². The van der Waals surface area contributed by atoms with Crippen molar-refractivity contribution in [1.29, 1.82) is 0 Å². The van der Waals surface area contributed by atoms with Crippen LogP contribution < -0.4 is 9.62 Å². The average Bonchev–Trinajstić information content (AvgIpc) is 2.88. The van der Waals surface area contributed by atoms with Crippen molar-refractivity contribution in [2.75, 3.05) is 17.9 Å². The van der Waals surface area contributed by atoms with Gasteiger partial charge in [0.2, 0.25) is 11.8 Å². The van der Waals surface area contributed by atoms with Gasteiger partial charge in [0.05, 0.1) is 10.6 Å². The molecule has 0 aliphatic heterocycles. The molecule has 38 heavy (non-hydrogen) atoms. The molecule has 0 fully saturated rings. The summed E-state index contributed by atoms with van der Waals surface area (Å²) < 4.78 is 28.9. The van der Waals surface area contributed by atoms with Crippen LogP contribution in [-0.4, -0.2) is 44.8 Å². The number of anilines is 1. The van der Waals surface area contributed by atoms with Crippen molar-refractivity contribution in [3.63, 3.8) is 0 Å². The molecular formula is C29H34ClN3O4S. The SMILES string of the molecule is CC[C@H](C(=O)NC)N(Cc1cccc(C)c1)C(=O)CN(c1cc(Cl)ccc1C)S(=O)(=O)c1ccc(C)cc1. The van der Waals surface area contributed by atoms with Gasteiger partial charge in [-0.2, -0.15) is 0 Å². The predicted octanol–water partition coefficient (Wildman–Crippen LogP) is 5.01. The van der Waals surface area contributed by atoms with E-state index in [0.717, 1.165) is 21.0 Å². The molecule has 0 heterocycles. The topological polar surface area (TPSA) is 86.8 Å². The van der Waals surface area contributed by atoms with Crippen LogP contribution in [-0.2, 0) is 26.2 Å². The summed E-state index contributed by atoms with van der Waals surface area (Å²) in [5.41, 5.74) is 3.70. The van der Waals surface area contributed by atoms with Gasteiger partial charge in [0.1, 0.15) is 12.6 Å². The van der Waals surface area contributed by atoms with Crippen molar-refractivity contribution in [2.45, 2.75) is 51.6 Å². The van der Waals surface area contributed by atoms with E-state index in [1.165, 1.54) is 30.1 Å². The van der Waals surface area contributed by atoms with E-state index in [0.29, 0.717) is 22.7 Å². The Morgan fingerprint density at radius 2 is 1.63 bits per heavy atom. The third-order valence-corrected chi connectivity index (χ3v) is 8.40. The number of hydrogen-bond donors (Lipinski definition) is 1. The predicted molar refractivity (Wildman–Crippen MR) is 152 cm³/mol. The number of carbonyl (C=O) groups excluding carboxylic acids is 2. The molecular weight excluding hydrogens is 522 g/mol. The number of nitrogens with zero attached hydrogens (tertiary/aromatic N) is 2. The molecule has 1 atom stereocenters. The van der Waals surface area contributed by atoms with Crippen LogP contribution in [0.5, 0.6) is 0 Å². The summed E-state index contributed by atoms with van der Waals surface area (Å²) in [4.78, 5) is 28.3. The van der Waals surface area contributed by atoms with E-state index in [2.05, 4.69) is 5.32 Å². The van der Waals surface area contributed by atoms with Crippen LogP contribution in [0.1, 0.15) is 35.6 Å². The summed E-state index contributed by atoms with van der Waals surface area (Å²) in [6.07, 6.45) is 0.359. The smallest absolute Gasteiger partial charge is 0.264 e. The molecule has 0 unspecified atom stereocenters. The van der Waals surface area contributed by atoms with E-state index < -0.39 is 28.5 Å². The number of aryl methyl sites for hydroxylation is 3. The second kappa shape index (κ2) is 12.5. The molecule has 1 N–H and O–H groups in total. The van der Waals surface area contributed by atoms with Gasteiger partial charge in [-0.05, 0) is 62.6 Å². The van der Waals surface area contributed by atoms with E-state index in [9.17, 15) is 18.0 Å². The highest BCUT2D eigenvalue weighted by Gasteiger charge is 2.34. The number of benzene rings is 3. The number of rotatable bonds is 10. The molecule has 3 aromatic rings. The zero-order chi connectivity index (χ0) is 28.0. The van der Waals surface area contributed by atoms with Crippen LogP contribution in [0.25, 0.3) is 0 Å². The Labute approximate surface area is 230 Å². The van der Waals surface area contributed by atoms with Crippen molar-refractivity contribution in [3.05, 3.63) is 94.0 Å². The maximum absolute atomic E-state index is 14.0. The molecule has 9 heteroatoms. The van der Waals surface area contributed by atoms with Gasteiger partial charge >= 0.3 is 0 Å². The second-order valence-electron chi connectivity index (χ2n) is 9.30. The maximum Gasteiger partial charge on any atom is 0.264 e. The monoisotopic (exact) mass is 555 g/mol. The minimum Gasteiger partial charge on any atom is -0.357 e. The standard InChI is InChI=1S/C29H34ClN3O4S/c1-6-26(29(35)31-5)32(18-23-9-7-8-21(3)16-23)28(34)19-33(27-17-24(30)13-12-22(27)4)38(36,37)25-14-10-20(2)11-15-25/h7-17,26H,6,18-19H2,1-5H3,(H,31,35)/t26-/m1/s1. The van der Waals surface area contributed by atoms with Gasteiger partial charge in [0.25, 0.3) is 10.0 Å². The number of sulfonamides is 1. The molecule has 0 radical (unpaired) electrons. The lowest BCUT2D eigenvalue weighted by Gasteiger charge is -2.33. The van der Waals surface area contributed by atoms with Gasteiger partial charge < -0.3 is 10.2 Å². The summed E-state index contributed by atoms with van der Waals surface area (Å²) >= 11 is 6.26. The van der Waals surface area contributed by atoms with E-state index in [4.69, 9.17) is 11.6 Å². The molecule has 0 aliphatic carbocycles. The Morgan fingerprint density at radius 3 is 2.24 bits per heavy atom. The summed E-state index contributed by atoms with van der Waals surface area (Å²) in [6.45, 7) is 7.04. The first-order chi connectivity index (χ1) is 18.0. The Morgan fingerprint density at radius 1 is 0.947 bits per heavy atom. The zero-order valence-corrected chi connectivity index (χ0v) is 23.9.